The molecule has 2 amide bonds. The van der Waals surface area contributed by atoms with Crippen LogP contribution < -0.4 is 16.4 Å². The second-order valence-electron chi connectivity index (χ2n) is 6.53. The van der Waals surface area contributed by atoms with Crippen molar-refractivity contribution in [1.29, 1.82) is 0 Å². The highest BCUT2D eigenvalue weighted by Gasteiger charge is 2.32. The van der Waals surface area contributed by atoms with Gasteiger partial charge in [-0.3, -0.25) is 9.59 Å². The Hall–Kier alpha value is -1.30. The van der Waals surface area contributed by atoms with Crippen molar-refractivity contribution in [3.63, 3.8) is 0 Å². The fourth-order valence-corrected chi connectivity index (χ4v) is 3.50. The maximum atomic E-state index is 12.1. The van der Waals surface area contributed by atoms with E-state index in [0.717, 1.165) is 25.7 Å². The summed E-state index contributed by atoms with van der Waals surface area (Å²) in [6, 6.07) is 6.88. The van der Waals surface area contributed by atoms with Gasteiger partial charge in [0.1, 0.15) is 0 Å². The second-order valence-corrected chi connectivity index (χ2v) is 6.93. The summed E-state index contributed by atoms with van der Waals surface area (Å²) >= 11 is 5.98. The molecule has 0 radical (unpaired) electrons. The van der Waals surface area contributed by atoms with E-state index in [4.69, 9.17) is 17.3 Å². The molecule has 5 nitrogen and oxygen atoms in total. The third-order valence-electron chi connectivity index (χ3n) is 4.73. The Bertz CT molecular complexity index is 575. The van der Waals surface area contributed by atoms with Gasteiger partial charge in [0, 0.05) is 19.5 Å². The van der Waals surface area contributed by atoms with Crippen LogP contribution in [-0.2, 0) is 4.79 Å². The summed E-state index contributed by atoms with van der Waals surface area (Å²) in [5, 5.41) is 6.05. The van der Waals surface area contributed by atoms with Crippen LogP contribution in [0.1, 0.15) is 48.9 Å². The van der Waals surface area contributed by atoms with Gasteiger partial charge in [-0.15, -0.1) is 12.4 Å². The van der Waals surface area contributed by atoms with E-state index in [0.29, 0.717) is 36.6 Å². The third-order valence-corrected chi connectivity index (χ3v) is 5.06. The summed E-state index contributed by atoms with van der Waals surface area (Å²) in [5.74, 6) is -0.227. The molecule has 0 saturated heterocycles. The van der Waals surface area contributed by atoms with E-state index in [9.17, 15) is 9.59 Å². The van der Waals surface area contributed by atoms with Crippen LogP contribution in [-0.4, -0.2) is 31.4 Å². The van der Waals surface area contributed by atoms with Crippen molar-refractivity contribution in [3.05, 3.63) is 34.9 Å². The molecule has 0 bridgehead atoms. The standard InChI is InChI=1S/C18H26ClN3O2.ClH/c19-15-7-3-2-6-14(15)17(24)22-11-10-21-16(23)12-18(13-20)8-4-1-5-9-18;/h2-3,6-7H,1,4-5,8-13,20H2,(H,21,23)(H,22,24);1H. The average molecular weight is 388 g/mol. The number of rotatable bonds is 7. The molecule has 140 valence electrons. The number of carbonyl (C=O) groups is 2. The quantitative estimate of drug-likeness (QED) is 0.628. The van der Waals surface area contributed by atoms with Gasteiger partial charge in [-0.05, 0) is 36.9 Å². The number of carbonyl (C=O) groups excluding carboxylic acids is 2. The number of hydrogen-bond donors (Lipinski definition) is 3. The Morgan fingerprint density at radius 2 is 1.72 bits per heavy atom. The predicted octanol–water partition coefficient (Wildman–Crippen LogP) is 2.91. The largest absolute Gasteiger partial charge is 0.354 e. The molecule has 4 N–H and O–H groups in total. The number of nitrogens with one attached hydrogen (secondary N) is 2. The molecule has 0 heterocycles. The summed E-state index contributed by atoms with van der Waals surface area (Å²) in [6.07, 6.45) is 6.07. The van der Waals surface area contributed by atoms with E-state index < -0.39 is 0 Å². The summed E-state index contributed by atoms with van der Waals surface area (Å²) in [5.41, 5.74) is 6.31. The number of hydrogen-bond acceptors (Lipinski definition) is 3. The summed E-state index contributed by atoms with van der Waals surface area (Å²) < 4.78 is 0. The molecule has 1 aliphatic carbocycles. The molecule has 1 aliphatic rings. The number of amides is 2. The smallest absolute Gasteiger partial charge is 0.252 e. The van der Waals surface area contributed by atoms with Crippen molar-refractivity contribution in [2.45, 2.75) is 38.5 Å². The van der Waals surface area contributed by atoms with Gasteiger partial charge in [-0.1, -0.05) is 43.0 Å². The van der Waals surface area contributed by atoms with E-state index in [1.54, 1.807) is 24.3 Å². The third kappa shape index (κ3) is 6.49. The summed E-state index contributed by atoms with van der Waals surface area (Å²) in [4.78, 5) is 24.1. The monoisotopic (exact) mass is 387 g/mol. The van der Waals surface area contributed by atoms with Crippen molar-refractivity contribution in [1.82, 2.24) is 10.6 Å². The minimum absolute atomic E-state index is 0. The molecule has 1 aromatic carbocycles. The minimum Gasteiger partial charge on any atom is -0.354 e. The van der Waals surface area contributed by atoms with Crippen molar-refractivity contribution < 1.29 is 9.59 Å². The first-order chi connectivity index (χ1) is 11.6. The van der Waals surface area contributed by atoms with Crippen molar-refractivity contribution in [2.24, 2.45) is 11.1 Å². The molecule has 25 heavy (non-hydrogen) atoms. The maximum Gasteiger partial charge on any atom is 0.252 e. The lowest BCUT2D eigenvalue weighted by Gasteiger charge is -2.35. The highest BCUT2D eigenvalue weighted by Crippen LogP contribution is 2.38. The van der Waals surface area contributed by atoms with Gasteiger partial charge in [0.15, 0.2) is 0 Å². The van der Waals surface area contributed by atoms with Gasteiger partial charge in [0.05, 0.1) is 10.6 Å². The van der Waals surface area contributed by atoms with Crippen LogP contribution in [0.4, 0.5) is 0 Å². The van der Waals surface area contributed by atoms with Gasteiger partial charge < -0.3 is 16.4 Å². The topological polar surface area (TPSA) is 84.2 Å². The fourth-order valence-electron chi connectivity index (χ4n) is 3.28. The van der Waals surface area contributed by atoms with Crippen LogP contribution in [0.15, 0.2) is 24.3 Å². The zero-order valence-electron chi connectivity index (χ0n) is 14.4. The van der Waals surface area contributed by atoms with Gasteiger partial charge in [-0.25, -0.2) is 0 Å². The highest BCUT2D eigenvalue weighted by molar-refractivity contribution is 6.33. The lowest BCUT2D eigenvalue weighted by Crippen LogP contribution is -2.40. The molecule has 1 fully saturated rings. The second kappa shape index (κ2) is 10.6. The molecule has 1 saturated carbocycles. The predicted molar refractivity (Wildman–Crippen MR) is 103 cm³/mol. The fraction of sp³-hybridized carbons (Fsp3) is 0.556. The van der Waals surface area contributed by atoms with Crippen molar-refractivity contribution in [3.8, 4) is 0 Å². The van der Waals surface area contributed by atoms with E-state index in [2.05, 4.69) is 10.6 Å². The first kappa shape index (κ1) is 21.7. The van der Waals surface area contributed by atoms with Crippen LogP contribution >= 0.6 is 24.0 Å². The molecule has 0 spiro atoms. The Kier molecular flexibility index (Phi) is 9.25. The van der Waals surface area contributed by atoms with E-state index in [1.807, 2.05) is 0 Å². The lowest BCUT2D eigenvalue weighted by atomic mass is 9.71. The van der Waals surface area contributed by atoms with Gasteiger partial charge in [0.2, 0.25) is 5.91 Å². The maximum absolute atomic E-state index is 12.1. The van der Waals surface area contributed by atoms with Gasteiger partial charge in [0.25, 0.3) is 5.91 Å². The number of halogens is 2. The molecule has 0 aromatic heterocycles. The Labute approximate surface area is 160 Å². The van der Waals surface area contributed by atoms with Crippen molar-refractivity contribution >= 4 is 35.8 Å². The molecule has 7 heteroatoms. The lowest BCUT2D eigenvalue weighted by molar-refractivity contribution is -0.123. The Morgan fingerprint density at radius 1 is 1.08 bits per heavy atom. The van der Waals surface area contributed by atoms with E-state index >= 15 is 0 Å². The Morgan fingerprint density at radius 3 is 2.36 bits per heavy atom. The SMILES string of the molecule is Cl.NCC1(CC(=O)NCCNC(=O)c2ccccc2Cl)CCCCC1. The normalized spacial score (nSPS) is 15.8. The molecular formula is C18H27Cl2N3O2. The molecule has 2 rings (SSSR count). The number of benzene rings is 1. The van der Waals surface area contributed by atoms with Crippen molar-refractivity contribution in [2.75, 3.05) is 19.6 Å². The summed E-state index contributed by atoms with van der Waals surface area (Å²) in [7, 11) is 0. The van der Waals surface area contributed by atoms with Crippen LogP contribution in [0, 0.1) is 5.41 Å². The van der Waals surface area contributed by atoms with Gasteiger partial charge >= 0.3 is 0 Å². The number of nitrogens with two attached hydrogens (primary N) is 1. The van der Waals surface area contributed by atoms with Crippen LogP contribution in [0.25, 0.3) is 0 Å². The van der Waals surface area contributed by atoms with Crippen LogP contribution in [0.2, 0.25) is 5.02 Å². The first-order valence-corrected chi connectivity index (χ1v) is 8.94. The van der Waals surface area contributed by atoms with E-state index in [1.165, 1.54) is 6.42 Å². The summed E-state index contributed by atoms with van der Waals surface area (Å²) in [6.45, 7) is 1.32. The van der Waals surface area contributed by atoms with Crippen LogP contribution in [0.5, 0.6) is 0 Å². The highest BCUT2D eigenvalue weighted by atomic mass is 35.5. The Balaban J connectivity index is 0.00000312. The average Bonchev–Trinajstić information content (AvgIpc) is 2.59. The molecule has 1 aromatic rings. The molecule has 0 unspecified atom stereocenters. The first-order valence-electron chi connectivity index (χ1n) is 8.56. The zero-order chi connectivity index (χ0) is 17.4. The molecule has 0 aliphatic heterocycles. The minimum atomic E-state index is -0.236. The van der Waals surface area contributed by atoms with Gasteiger partial charge in [-0.2, -0.15) is 0 Å². The van der Waals surface area contributed by atoms with E-state index in [-0.39, 0.29) is 29.6 Å². The molecule has 0 atom stereocenters. The van der Waals surface area contributed by atoms with Crippen LogP contribution in [0.3, 0.4) is 0 Å². The molecular weight excluding hydrogens is 361 g/mol. The zero-order valence-corrected chi connectivity index (χ0v) is 15.9.